The molecule has 0 aliphatic rings. The molecule has 1 aromatic heterocycles. The number of benzene rings is 1. The summed E-state index contributed by atoms with van der Waals surface area (Å²) in [6, 6.07) is 11.7. The fourth-order valence-electron chi connectivity index (χ4n) is 2.02. The lowest BCUT2D eigenvalue weighted by Gasteiger charge is -2.18. The van der Waals surface area contributed by atoms with Crippen LogP contribution in [0.1, 0.15) is 12.7 Å². The topological polar surface area (TPSA) is 58.8 Å². The van der Waals surface area contributed by atoms with Crippen molar-refractivity contribution in [3.63, 3.8) is 0 Å². The molecule has 0 bridgehead atoms. The molecule has 2 rings (SSSR count). The minimum absolute atomic E-state index is 0. The van der Waals surface area contributed by atoms with E-state index in [0.717, 1.165) is 34.9 Å². The number of guanidine groups is 1. The summed E-state index contributed by atoms with van der Waals surface area (Å²) < 4.78 is 12.1. The molecule has 132 valence electrons. The highest BCUT2D eigenvalue weighted by Gasteiger charge is 2.08. The molecule has 0 saturated heterocycles. The van der Waals surface area contributed by atoms with Gasteiger partial charge in [-0.05, 0) is 47.1 Å². The summed E-state index contributed by atoms with van der Waals surface area (Å²) in [5.74, 6) is 2.54. The van der Waals surface area contributed by atoms with Gasteiger partial charge in [-0.25, -0.2) is 0 Å². The number of ether oxygens (including phenoxy) is 1. The van der Waals surface area contributed by atoms with Gasteiger partial charge in [0.25, 0.3) is 0 Å². The fourth-order valence-corrected chi connectivity index (χ4v) is 2.40. The number of aliphatic imine (C=N–C) groups is 1. The molecule has 2 aromatic rings. The van der Waals surface area contributed by atoms with Crippen molar-refractivity contribution in [2.75, 3.05) is 20.1 Å². The normalized spacial score (nSPS) is 12.2. The minimum Gasteiger partial charge on any atom is -0.488 e. The van der Waals surface area contributed by atoms with Crippen LogP contribution in [-0.2, 0) is 6.42 Å². The van der Waals surface area contributed by atoms with Crippen LogP contribution in [0.25, 0.3) is 0 Å². The summed E-state index contributed by atoms with van der Waals surface area (Å²) in [6.45, 7) is 3.43. The molecule has 0 aliphatic carbocycles. The van der Waals surface area contributed by atoms with Crippen molar-refractivity contribution >= 4 is 45.9 Å². The Kier molecular flexibility index (Phi) is 9.85. The van der Waals surface area contributed by atoms with E-state index in [1.54, 1.807) is 13.3 Å². The van der Waals surface area contributed by atoms with Crippen molar-refractivity contribution in [2.45, 2.75) is 19.4 Å². The lowest BCUT2D eigenvalue weighted by molar-refractivity contribution is 0.222. The predicted molar refractivity (Wildman–Crippen MR) is 111 cm³/mol. The van der Waals surface area contributed by atoms with E-state index in [-0.39, 0.29) is 30.1 Å². The standard InChI is InChI=1S/C17H22BrN3O2.HI/c1-13(23-16-8-4-3-7-15(16)18)12-21-17(19-2)20-10-9-14-6-5-11-22-14;/h3-8,11,13H,9-10,12H2,1-2H3,(H2,19,20,21);1H. The van der Waals surface area contributed by atoms with Crippen LogP contribution in [0.15, 0.2) is 56.5 Å². The smallest absolute Gasteiger partial charge is 0.191 e. The molecule has 1 heterocycles. The van der Waals surface area contributed by atoms with Gasteiger partial charge in [-0.15, -0.1) is 24.0 Å². The SMILES string of the molecule is CN=C(NCCc1ccco1)NCC(C)Oc1ccccc1Br.I. The molecule has 1 unspecified atom stereocenters. The van der Waals surface area contributed by atoms with Crippen molar-refractivity contribution in [3.8, 4) is 5.75 Å². The van der Waals surface area contributed by atoms with Gasteiger partial charge in [-0.3, -0.25) is 4.99 Å². The van der Waals surface area contributed by atoms with Gasteiger partial charge in [-0.2, -0.15) is 0 Å². The van der Waals surface area contributed by atoms with Crippen LogP contribution >= 0.6 is 39.9 Å². The summed E-state index contributed by atoms with van der Waals surface area (Å²) >= 11 is 3.48. The molecule has 0 radical (unpaired) electrons. The zero-order chi connectivity index (χ0) is 16.5. The Morgan fingerprint density at radius 1 is 1.25 bits per heavy atom. The first-order valence-corrected chi connectivity index (χ1v) is 8.36. The van der Waals surface area contributed by atoms with Gasteiger partial charge >= 0.3 is 0 Å². The predicted octanol–water partition coefficient (Wildman–Crippen LogP) is 3.84. The lowest BCUT2D eigenvalue weighted by Crippen LogP contribution is -2.42. The second kappa shape index (κ2) is 11.4. The first kappa shape index (κ1) is 20.8. The largest absolute Gasteiger partial charge is 0.488 e. The minimum atomic E-state index is 0. The summed E-state index contributed by atoms with van der Waals surface area (Å²) in [5.41, 5.74) is 0. The van der Waals surface area contributed by atoms with E-state index in [9.17, 15) is 0 Å². The second-order valence-electron chi connectivity index (χ2n) is 5.07. The zero-order valence-electron chi connectivity index (χ0n) is 13.8. The summed E-state index contributed by atoms with van der Waals surface area (Å²) in [4.78, 5) is 4.20. The summed E-state index contributed by atoms with van der Waals surface area (Å²) in [7, 11) is 1.75. The quantitative estimate of drug-likeness (QED) is 0.339. The molecule has 0 amide bonds. The van der Waals surface area contributed by atoms with E-state index in [4.69, 9.17) is 9.15 Å². The molecule has 1 aromatic carbocycles. The van der Waals surface area contributed by atoms with Gasteiger partial charge in [0.15, 0.2) is 5.96 Å². The molecular weight excluding hydrogens is 485 g/mol. The van der Waals surface area contributed by atoms with Crippen molar-refractivity contribution in [3.05, 3.63) is 52.9 Å². The third kappa shape index (κ3) is 7.12. The van der Waals surface area contributed by atoms with Crippen molar-refractivity contribution < 1.29 is 9.15 Å². The molecule has 2 N–H and O–H groups in total. The maximum atomic E-state index is 5.90. The average molecular weight is 508 g/mol. The molecule has 0 spiro atoms. The Morgan fingerprint density at radius 3 is 2.71 bits per heavy atom. The molecule has 0 saturated carbocycles. The fraction of sp³-hybridized carbons (Fsp3) is 0.353. The van der Waals surface area contributed by atoms with Crippen LogP contribution < -0.4 is 15.4 Å². The molecule has 0 aliphatic heterocycles. The number of para-hydroxylation sites is 1. The molecule has 5 nitrogen and oxygen atoms in total. The lowest BCUT2D eigenvalue weighted by atomic mass is 10.3. The highest BCUT2D eigenvalue weighted by atomic mass is 127. The molecule has 0 fully saturated rings. The number of hydrogen-bond donors (Lipinski definition) is 2. The Labute approximate surface area is 168 Å². The number of nitrogens with one attached hydrogen (secondary N) is 2. The van der Waals surface area contributed by atoms with E-state index in [1.165, 1.54) is 0 Å². The maximum absolute atomic E-state index is 5.90. The van der Waals surface area contributed by atoms with Crippen LogP contribution in [0.2, 0.25) is 0 Å². The van der Waals surface area contributed by atoms with Crippen LogP contribution in [0, 0.1) is 0 Å². The van der Waals surface area contributed by atoms with E-state index < -0.39 is 0 Å². The number of rotatable bonds is 7. The van der Waals surface area contributed by atoms with Gasteiger partial charge in [0.05, 0.1) is 17.3 Å². The molecular formula is C17H23BrIN3O2. The van der Waals surface area contributed by atoms with Crippen LogP contribution in [-0.4, -0.2) is 32.2 Å². The maximum Gasteiger partial charge on any atom is 0.191 e. The molecule has 24 heavy (non-hydrogen) atoms. The van der Waals surface area contributed by atoms with Crippen LogP contribution in [0.5, 0.6) is 5.75 Å². The molecule has 7 heteroatoms. The zero-order valence-corrected chi connectivity index (χ0v) is 17.7. The van der Waals surface area contributed by atoms with Crippen LogP contribution in [0.3, 0.4) is 0 Å². The van der Waals surface area contributed by atoms with Gasteiger partial charge in [0.2, 0.25) is 0 Å². The highest BCUT2D eigenvalue weighted by molar-refractivity contribution is 14.0. The van der Waals surface area contributed by atoms with E-state index in [2.05, 4.69) is 31.6 Å². The van der Waals surface area contributed by atoms with E-state index in [0.29, 0.717) is 6.54 Å². The Morgan fingerprint density at radius 2 is 2.04 bits per heavy atom. The number of nitrogens with zero attached hydrogens (tertiary/aromatic N) is 1. The van der Waals surface area contributed by atoms with Crippen molar-refractivity contribution in [1.29, 1.82) is 0 Å². The number of hydrogen-bond acceptors (Lipinski definition) is 3. The highest BCUT2D eigenvalue weighted by Crippen LogP contribution is 2.24. The second-order valence-corrected chi connectivity index (χ2v) is 5.92. The Balaban J connectivity index is 0.00000288. The third-order valence-corrected chi connectivity index (χ3v) is 3.84. The van der Waals surface area contributed by atoms with E-state index >= 15 is 0 Å². The summed E-state index contributed by atoms with van der Waals surface area (Å²) in [6.07, 6.45) is 2.51. The first-order chi connectivity index (χ1) is 11.2. The van der Waals surface area contributed by atoms with Crippen LogP contribution in [0.4, 0.5) is 0 Å². The van der Waals surface area contributed by atoms with Gasteiger partial charge < -0.3 is 19.8 Å². The van der Waals surface area contributed by atoms with Crippen molar-refractivity contribution in [2.24, 2.45) is 4.99 Å². The number of halogens is 2. The monoisotopic (exact) mass is 507 g/mol. The number of furan rings is 1. The first-order valence-electron chi connectivity index (χ1n) is 7.57. The van der Waals surface area contributed by atoms with Crippen molar-refractivity contribution in [1.82, 2.24) is 10.6 Å². The summed E-state index contributed by atoms with van der Waals surface area (Å²) in [5, 5.41) is 6.51. The van der Waals surface area contributed by atoms with E-state index in [1.807, 2.05) is 43.3 Å². The van der Waals surface area contributed by atoms with Gasteiger partial charge in [0.1, 0.15) is 17.6 Å². The van der Waals surface area contributed by atoms with Gasteiger partial charge in [0, 0.05) is 20.0 Å². The molecule has 1 atom stereocenters. The third-order valence-electron chi connectivity index (χ3n) is 3.19. The average Bonchev–Trinajstić information content (AvgIpc) is 3.06. The Hall–Kier alpha value is -1.22. The Bertz CT molecular complexity index is 620. The van der Waals surface area contributed by atoms with Gasteiger partial charge in [-0.1, -0.05) is 12.1 Å².